The largest absolute Gasteiger partial charge is 0.323 e. The monoisotopic (exact) mass is 331 g/mol. The predicted octanol–water partition coefficient (Wildman–Crippen LogP) is 4.98. The van der Waals surface area contributed by atoms with E-state index in [9.17, 15) is 4.79 Å². The molecule has 0 radical (unpaired) electrons. The van der Waals surface area contributed by atoms with Crippen LogP contribution >= 0.6 is 11.6 Å². The molecule has 1 saturated carbocycles. The van der Waals surface area contributed by atoms with Crippen molar-refractivity contribution in [2.24, 2.45) is 5.41 Å². The summed E-state index contributed by atoms with van der Waals surface area (Å²) in [6, 6.07) is 7.52. The van der Waals surface area contributed by atoms with Gasteiger partial charge in [-0.2, -0.15) is 5.10 Å². The summed E-state index contributed by atoms with van der Waals surface area (Å²) in [6.45, 7) is 6.18. The number of anilines is 1. The minimum Gasteiger partial charge on any atom is -0.323 e. The molecule has 0 saturated heterocycles. The van der Waals surface area contributed by atoms with E-state index in [4.69, 9.17) is 11.6 Å². The van der Waals surface area contributed by atoms with Crippen LogP contribution in [-0.4, -0.2) is 16.1 Å². The van der Waals surface area contributed by atoms with Crippen molar-refractivity contribution < 1.29 is 4.79 Å². The molecule has 2 N–H and O–H groups in total. The van der Waals surface area contributed by atoms with E-state index in [-0.39, 0.29) is 11.3 Å². The van der Waals surface area contributed by atoms with Crippen molar-refractivity contribution in [2.75, 3.05) is 5.32 Å². The van der Waals surface area contributed by atoms with Gasteiger partial charge in [0.1, 0.15) is 5.69 Å². The van der Waals surface area contributed by atoms with Crippen LogP contribution in [0.15, 0.2) is 24.3 Å². The molecule has 0 spiro atoms. The number of halogens is 1. The van der Waals surface area contributed by atoms with Crippen LogP contribution in [0, 0.1) is 5.41 Å². The molecule has 3 rings (SSSR count). The van der Waals surface area contributed by atoms with Gasteiger partial charge in [-0.05, 0) is 30.4 Å². The van der Waals surface area contributed by atoms with Crippen molar-refractivity contribution >= 4 is 23.2 Å². The van der Waals surface area contributed by atoms with E-state index in [0.717, 1.165) is 35.5 Å². The second kappa shape index (κ2) is 6.00. The molecule has 0 bridgehead atoms. The summed E-state index contributed by atoms with van der Waals surface area (Å²) in [7, 11) is 0. The summed E-state index contributed by atoms with van der Waals surface area (Å²) in [4.78, 5) is 12.4. The predicted molar refractivity (Wildman–Crippen MR) is 93.7 cm³/mol. The van der Waals surface area contributed by atoms with Crippen LogP contribution < -0.4 is 5.32 Å². The van der Waals surface area contributed by atoms with Crippen LogP contribution in [0.3, 0.4) is 0 Å². The first-order chi connectivity index (χ1) is 10.8. The lowest BCUT2D eigenvalue weighted by molar-refractivity contribution is -0.117. The van der Waals surface area contributed by atoms with Crippen molar-refractivity contribution in [3.8, 4) is 11.3 Å². The highest BCUT2D eigenvalue weighted by atomic mass is 35.5. The first-order valence-corrected chi connectivity index (χ1v) is 8.35. The summed E-state index contributed by atoms with van der Waals surface area (Å²) >= 11 is 5.96. The van der Waals surface area contributed by atoms with Crippen molar-refractivity contribution in [3.63, 3.8) is 0 Å². The van der Waals surface area contributed by atoms with Crippen LogP contribution in [0.5, 0.6) is 0 Å². The zero-order chi connectivity index (χ0) is 16.6. The number of amides is 1. The number of H-pyrrole nitrogens is 1. The molecular weight excluding hydrogens is 310 g/mol. The third-order valence-electron chi connectivity index (χ3n) is 3.85. The van der Waals surface area contributed by atoms with E-state index in [1.165, 1.54) is 0 Å². The first-order valence-electron chi connectivity index (χ1n) is 7.97. The Morgan fingerprint density at radius 1 is 1.30 bits per heavy atom. The van der Waals surface area contributed by atoms with Crippen LogP contribution in [0.4, 0.5) is 5.69 Å². The Hall–Kier alpha value is -1.81. The number of nitrogens with zero attached hydrogens (tertiary/aromatic N) is 1. The molecule has 1 amide bonds. The molecule has 0 atom stereocenters. The van der Waals surface area contributed by atoms with Crippen LogP contribution in [-0.2, 0) is 4.79 Å². The number of hydrogen-bond donors (Lipinski definition) is 2. The van der Waals surface area contributed by atoms with Crippen LogP contribution in [0.1, 0.15) is 51.6 Å². The molecular formula is C18H22ClN3O. The maximum absolute atomic E-state index is 12.4. The van der Waals surface area contributed by atoms with Gasteiger partial charge in [0.15, 0.2) is 0 Å². The summed E-state index contributed by atoms with van der Waals surface area (Å²) in [6.07, 6.45) is 2.76. The highest BCUT2D eigenvalue weighted by Gasteiger charge is 2.31. The Morgan fingerprint density at radius 2 is 1.96 bits per heavy atom. The highest BCUT2D eigenvalue weighted by Crippen LogP contribution is 2.45. The third-order valence-corrected chi connectivity index (χ3v) is 4.10. The van der Waals surface area contributed by atoms with Gasteiger partial charge in [-0.25, -0.2) is 0 Å². The molecule has 4 nitrogen and oxygen atoms in total. The van der Waals surface area contributed by atoms with Gasteiger partial charge in [-0.1, -0.05) is 44.5 Å². The average Bonchev–Trinajstić information content (AvgIpc) is 3.20. The van der Waals surface area contributed by atoms with Crippen LogP contribution in [0.25, 0.3) is 11.3 Å². The molecule has 23 heavy (non-hydrogen) atoms. The quantitative estimate of drug-likeness (QED) is 0.829. The fourth-order valence-electron chi connectivity index (χ4n) is 2.63. The zero-order valence-corrected chi connectivity index (χ0v) is 14.5. The Morgan fingerprint density at radius 3 is 2.52 bits per heavy atom. The number of aromatic nitrogens is 2. The fraction of sp³-hybridized carbons (Fsp3) is 0.444. The maximum Gasteiger partial charge on any atom is 0.225 e. The van der Waals surface area contributed by atoms with E-state index in [1.54, 1.807) is 0 Å². The van der Waals surface area contributed by atoms with E-state index in [0.29, 0.717) is 17.4 Å². The van der Waals surface area contributed by atoms with Crippen LogP contribution in [0.2, 0.25) is 5.02 Å². The number of carbonyl (C=O) groups is 1. The van der Waals surface area contributed by atoms with Gasteiger partial charge in [0.05, 0.1) is 11.4 Å². The summed E-state index contributed by atoms with van der Waals surface area (Å²) in [5.74, 6) is 0.504. The Bertz CT molecular complexity index is 709. The maximum atomic E-state index is 12.4. The Kier molecular flexibility index (Phi) is 4.19. The molecule has 1 aromatic heterocycles. The molecule has 0 aliphatic heterocycles. The number of carbonyl (C=O) groups excluding carboxylic acids is 1. The van der Waals surface area contributed by atoms with Crippen molar-refractivity contribution in [1.82, 2.24) is 10.2 Å². The third kappa shape index (κ3) is 3.94. The van der Waals surface area contributed by atoms with Crippen molar-refractivity contribution in [1.29, 1.82) is 0 Å². The standard InChI is InChI=1S/C18H22ClN3O/c1-18(2,3)10-14(23)20-17-15(11-4-5-11)21-22-16(17)12-6-8-13(19)9-7-12/h6-9,11H,4-5,10H2,1-3H3,(H,20,23)(H,21,22). The lowest BCUT2D eigenvalue weighted by Crippen LogP contribution is -2.20. The summed E-state index contributed by atoms with van der Waals surface area (Å²) in [5, 5.41) is 11.3. The average molecular weight is 332 g/mol. The smallest absolute Gasteiger partial charge is 0.225 e. The zero-order valence-electron chi connectivity index (χ0n) is 13.7. The van der Waals surface area contributed by atoms with E-state index in [1.807, 2.05) is 24.3 Å². The molecule has 1 aliphatic rings. The van der Waals surface area contributed by atoms with Gasteiger partial charge >= 0.3 is 0 Å². The molecule has 1 heterocycles. The minimum absolute atomic E-state index is 0.0241. The summed E-state index contributed by atoms with van der Waals surface area (Å²) in [5.41, 5.74) is 3.55. The van der Waals surface area contributed by atoms with Crippen molar-refractivity contribution in [3.05, 3.63) is 35.0 Å². The molecule has 1 aliphatic carbocycles. The number of rotatable bonds is 4. The number of aromatic amines is 1. The van der Waals surface area contributed by atoms with Gasteiger partial charge < -0.3 is 5.32 Å². The first kappa shape index (κ1) is 16.1. The second-order valence-corrected chi connectivity index (χ2v) is 7.86. The van der Waals surface area contributed by atoms with E-state index >= 15 is 0 Å². The van der Waals surface area contributed by atoms with Gasteiger partial charge in [-0.3, -0.25) is 9.89 Å². The number of benzene rings is 1. The minimum atomic E-state index is -0.0476. The molecule has 1 fully saturated rings. The fourth-order valence-corrected chi connectivity index (χ4v) is 2.76. The van der Waals surface area contributed by atoms with E-state index in [2.05, 4.69) is 36.3 Å². The van der Waals surface area contributed by atoms with Gasteiger partial charge in [0.25, 0.3) is 0 Å². The van der Waals surface area contributed by atoms with E-state index < -0.39 is 0 Å². The topological polar surface area (TPSA) is 57.8 Å². The lowest BCUT2D eigenvalue weighted by Gasteiger charge is -2.17. The van der Waals surface area contributed by atoms with Gasteiger partial charge in [0.2, 0.25) is 5.91 Å². The SMILES string of the molecule is CC(C)(C)CC(=O)Nc1c(-c2ccc(Cl)cc2)n[nH]c1C1CC1. The summed E-state index contributed by atoms with van der Waals surface area (Å²) < 4.78 is 0. The van der Waals surface area contributed by atoms with Gasteiger partial charge in [-0.15, -0.1) is 0 Å². The lowest BCUT2D eigenvalue weighted by atomic mass is 9.92. The molecule has 5 heteroatoms. The van der Waals surface area contributed by atoms with Crippen molar-refractivity contribution in [2.45, 2.75) is 46.0 Å². The Labute approximate surface area is 141 Å². The molecule has 122 valence electrons. The Balaban J connectivity index is 1.91. The highest BCUT2D eigenvalue weighted by molar-refractivity contribution is 6.30. The number of nitrogens with one attached hydrogen (secondary N) is 2. The number of hydrogen-bond acceptors (Lipinski definition) is 2. The molecule has 0 unspecified atom stereocenters. The second-order valence-electron chi connectivity index (χ2n) is 7.43. The van der Waals surface area contributed by atoms with Gasteiger partial charge in [0, 0.05) is 22.9 Å². The normalized spacial score (nSPS) is 14.8. The molecule has 1 aromatic carbocycles. The molecule has 2 aromatic rings.